The summed E-state index contributed by atoms with van der Waals surface area (Å²) in [5, 5.41) is 15.2. The van der Waals surface area contributed by atoms with Gasteiger partial charge in [-0.25, -0.2) is 0 Å². The van der Waals surface area contributed by atoms with Gasteiger partial charge in [0.15, 0.2) is 0 Å². The Hall–Kier alpha value is -2.92. The smallest absolute Gasteiger partial charge is 0.253 e. The molecule has 2 heterocycles. The number of amides is 1. The Morgan fingerprint density at radius 1 is 1.15 bits per heavy atom. The van der Waals surface area contributed by atoms with E-state index in [1.165, 1.54) is 0 Å². The van der Waals surface area contributed by atoms with Crippen molar-refractivity contribution in [2.45, 2.75) is 25.5 Å². The maximum atomic E-state index is 12.6. The number of β-amino-alcohol motifs (C(OH)–C–C–N with tert-alkyl or cyclic N) is 1. The summed E-state index contributed by atoms with van der Waals surface area (Å²) in [5.74, 6) is -0.0293. The number of aliphatic hydroxyl groups excluding tert-OH is 1. The molecule has 0 unspecified atom stereocenters. The molecule has 5 heteroatoms. The first-order valence-corrected chi connectivity index (χ1v) is 9.27. The normalized spacial score (nSPS) is 19.9. The first-order chi connectivity index (χ1) is 13.1. The maximum Gasteiger partial charge on any atom is 0.253 e. The van der Waals surface area contributed by atoms with Crippen molar-refractivity contribution in [1.29, 1.82) is 0 Å². The van der Waals surface area contributed by atoms with Crippen molar-refractivity contribution in [3.05, 3.63) is 71.9 Å². The standard InChI is InChI=1S/C22H23N3O2/c1-15-13-20(17-9-5-6-10-18(17)23-15)24-19-11-12-25(14-21(19)26)22(27)16-7-3-2-4-8-16/h2-10,13,19,21,26H,11-12,14H2,1H3,(H,23,24)/t19-,21-/m1/s1. The maximum absolute atomic E-state index is 12.6. The van der Waals surface area contributed by atoms with E-state index in [1.54, 1.807) is 4.90 Å². The molecule has 5 nitrogen and oxygen atoms in total. The minimum Gasteiger partial charge on any atom is -0.389 e. The van der Waals surface area contributed by atoms with Crippen LogP contribution in [0.5, 0.6) is 0 Å². The number of rotatable bonds is 3. The number of aromatic nitrogens is 1. The van der Waals surface area contributed by atoms with Crippen LogP contribution in [-0.4, -0.2) is 46.1 Å². The fourth-order valence-electron chi connectivity index (χ4n) is 3.67. The molecule has 1 saturated heterocycles. The van der Waals surface area contributed by atoms with Crippen LogP contribution >= 0.6 is 0 Å². The number of piperidine rings is 1. The van der Waals surface area contributed by atoms with Crippen LogP contribution < -0.4 is 5.32 Å². The lowest BCUT2D eigenvalue weighted by Gasteiger charge is -2.37. The molecule has 4 rings (SSSR count). The molecule has 1 fully saturated rings. The number of para-hydroxylation sites is 1. The molecule has 27 heavy (non-hydrogen) atoms. The lowest BCUT2D eigenvalue weighted by molar-refractivity contribution is 0.0426. The predicted octanol–water partition coefficient (Wildman–Crippen LogP) is 3.23. The molecule has 0 aliphatic carbocycles. The lowest BCUT2D eigenvalue weighted by Crippen LogP contribution is -2.51. The fraction of sp³-hybridized carbons (Fsp3) is 0.273. The average molecular weight is 361 g/mol. The van der Waals surface area contributed by atoms with E-state index in [1.807, 2.05) is 67.6 Å². The van der Waals surface area contributed by atoms with Gasteiger partial charge in [-0.15, -0.1) is 0 Å². The summed E-state index contributed by atoms with van der Waals surface area (Å²) in [7, 11) is 0. The zero-order chi connectivity index (χ0) is 18.8. The number of nitrogens with one attached hydrogen (secondary N) is 1. The van der Waals surface area contributed by atoms with Gasteiger partial charge in [-0.2, -0.15) is 0 Å². The van der Waals surface area contributed by atoms with Gasteiger partial charge in [-0.1, -0.05) is 36.4 Å². The Kier molecular flexibility index (Phi) is 4.77. The van der Waals surface area contributed by atoms with Crippen LogP contribution in [0.25, 0.3) is 10.9 Å². The van der Waals surface area contributed by atoms with E-state index in [0.29, 0.717) is 25.1 Å². The van der Waals surface area contributed by atoms with Crippen LogP contribution in [0, 0.1) is 6.92 Å². The Labute approximate surface area is 158 Å². The third-order valence-electron chi connectivity index (χ3n) is 5.08. The van der Waals surface area contributed by atoms with Gasteiger partial charge < -0.3 is 15.3 Å². The quantitative estimate of drug-likeness (QED) is 0.752. The van der Waals surface area contributed by atoms with E-state index in [9.17, 15) is 9.90 Å². The summed E-state index contributed by atoms with van der Waals surface area (Å²) >= 11 is 0. The number of aryl methyl sites for hydroxylation is 1. The molecule has 0 bridgehead atoms. The third kappa shape index (κ3) is 3.64. The van der Waals surface area contributed by atoms with Gasteiger partial charge in [0.25, 0.3) is 5.91 Å². The van der Waals surface area contributed by atoms with Crippen LogP contribution in [-0.2, 0) is 0 Å². The van der Waals surface area contributed by atoms with Crippen LogP contribution in [0.15, 0.2) is 60.7 Å². The summed E-state index contributed by atoms with van der Waals surface area (Å²) in [6.07, 6.45) is 0.0637. The highest BCUT2D eigenvalue weighted by molar-refractivity contribution is 5.94. The first-order valence-electron chi connectivity index (χ1n) is 9.27. The second-order valence-corrected chi connectivity index (χ2v) is 7.05. The number of hydrogen-bond donors (Lipinski definition) is 2. The Balaban J connectivity index is 1.49. The summed E-state index contributed by atoms with van der Waals surface area (Å²) in [6, 6.07) is 19.1. The molecule has 2 N–H and O–H groups in total. The highest BCUT2D eigenvalue weighted by atomic mass is 16.3. The summed E-state index contributed by atoms with van der Waals surface area (Å²) in [6.45, 7) is 2.91. The lowest BCUT2D eigenvalue weighted by atomic mass is 10.00. The molecule has 2 aromatic carbocycles. The molecule has 1 amide bonds. The second-order valence-electron chi connectivity index (χ2n) is 7.05. The van der Waals surface area contributed by atoms with E-state index in [-0.39, 0.29) is 11.9 Å². The highest BCUT2D eigenvalue weighted by Gasteiger charge is 2.30. The van der Waals surface area contributed by atoms with Crippen molar-refractivity contribution in [3.8, 4) is 0 Å². The number of anilines is 1. The largest absolute Gasteiger partial charge is 0.389 e. The van der Waals surface area contributed by atoms with E-state index in [4.69, 9.17) is 0 Å². The van der Waals surface area contributed by atoms with Gasteiger partial charge in [0, 0.05) is 35.4 Å². The van der Waals surface area contributed by atoms with Gasteiger partial charge in [-0.05, 0) is 37.6 Å². The molecule has 1 aliphatic rings. The van der Waals surface area contributed by atoms with Crippen LogP contribution in [0.3, 0.4) is 0 Å². The molecular formula is C22H23N3O2. The van der Waals surface area contributed by atoms with E-state index in [0.717, 1.165) is 22.3 Å². The molecule has 0 spiro atoms. The number of hydrogen-bond acceptors (Lipinski definition) is 4. The number of carbonyl (C=O) groups is 1. The van der Waals surface area contributed by atoms with Crippen LogP contribution in [0.1, 0.15) is 22.5 Å². The number of fused-ring (bicyclic) bond motifs is 1. The zero-order valence-corrected chi connectivity index (χ0v) is 15.3. The number of likely N-dealkylation sites (tertiary alicyclic amines) is 1. The molecular weight excluding hydrogens is 338 g/mol. The predicted molar refractivity (Wildman–Crippen MR) is 107 cm³/mol. The van der Waals surface area contributed by atoms with Gasteiger partial charge >= 0.3 is 0 Å². The number of aliphatic hydroxyl groups is 1. The molecule has 1 aromatic heterocycles. The van der Waals surface area contributed by atoms with Crippen molar-refractivity contribution >= 4 is 22.5 Å². The second kappa shape index (κ2) is 7.37. The highest BCUT2D eigenvalue weighted by Crippen LogP contribution is 2.26. The van der Waals surface area contributed by atoms with E-state index < -0.39 is 6.10 Å². The minimum absolute atomic E-state index is 0.0293. The molecule has 0 radical (unpaired) electrons. The first kappa shape index (κ1) is 17.5. The summed E-state index contributed by atoms with van der Waals surface area (Å²) < 4.78 is 0. The Bertz CT molecular complexity index is 958. The molecule has 138 valence electrons. The van der Waals surface area contributed by atoms with Crippen LogP contribution in [0.2, 0.25) is 0 Å². The van der Waals surface area contributed by atoms with Gasteiger partial charge in [0.1, 0.15) is 0 Å². The molecule has 2 atom stereocenters. The van der Waals surface area contributed by atoms with Gasteiger partial charge in [-0.3, -0.25) is 9.78 Å². The SMILES string of the molecule is Cc1cc(N[C@@H]2CCN(C(=O)c3ccccc3)C[C@H]2O)c2ccccc2n1. The number of nitrogens with zero attached hydrogens (tertiary/aromatic N) is 2. The molecule has 0 saturated carbocycles. The minimum atomic E-state index is -0.626. The van der Waals surface area contributed by atoms with Crippen LogP contribution in [0.4, 0.5) is 5.69 Å². The van der Waals surface area contributed by atoms with Crippen molar-refractivity contribution in [3.63, 3.8) is 0 Å². The Morgan fingerprint density at radius 3 is 2.67 bits per heavy atom. The van der Waals surface area contributed by atoms with Gasteiger partial charge in [0.2, 0.25) is 0 Å². The summed E-state index contributed by atoms with van der Waals surface area (Å²) in [4.78, 5) is 18.9. The molecule has 1 aliphatic heterocycles. The zero-order valence-electron chi connectivity index (χ0n) is 15.3. The van der Waals surface area contributed by atoms with E-state index >= 15 is 0 Å². The number of carbonyl (C=O) groups excluding carboxylic acids is 1. The number of pyridine rings is 1. The fourth-order valence-corrected chi connectivity index (χ4v) is 3.67. The van der Waals surface area contributed by atoms with Gasteiger partial charge in [0.05, 0.1) is 17.7 Å². The third-order valence-corrected chi connectivity index (χ3v) is 5.08. The van der Waals surface area contributed by atoms with Crippen molar-refractivity contribution in [2.24, 2.45) is 0 Å². The monoisotopic (exact) mass is 361 g/mol. The Morgan fingerprint density at radius 2 is 1.89 bits per heavy atom. The van der Waals surface area contributed by atoms with Crippen molar-refractivity contribution in [2.75, 3.05) is 18.4 Å². The topological polar surface area (TPSA) is 65.5 Å². The average Bonchev–Trinajstić information content (AvgIpc) is 2.69. The number of benzene rings is 2. The van der Waals surface area contributed by atoms with Crippen molar-refractivity contribution < 1.29 is 9.90 Å². The van der Waals surface area contributed by atoms with E-state index in [2.05, 4.69) is 10.3 Å². The summed E-state index contributed by atoms with van der Waals surface area (Å²) in [5.41, 5.74) is 3.51. The van der Waals surface area contributed by atoms with Crippen molar-refractivity contribution in [1.82, 2.24) is 9.88 Å². The molecule has 3 aromatic rings.